The minimum absolute atomic E-state index is 0.252. The van der Waals surface area contributed by atoms with E-state index in [0.717, 1.165) is 11.1 Å². The summed E-state index contributed by atoms with van der Waals surface area (Å²) in [5.74, 6) is -0.561. The van der Waals surface area contributed by atoms with Gasteiger partial charge in [-0.25, -0.2) is 0 Å². The lowest BCUT2D eigenvalue weighted by atomic mass is 9.94. The minimum Gasteiger partial charge on any atom is -0.394 e. The first-order valence-corrected chi connectivity index (χ1v) is 11.2. The number of carbonyl (C=O) groups excluding carboxylic acids is 1. The Morgan fingerprint density at radius 3 is 1.91 bits per heavy atom. The van der Waals surface area contributed by atoms with Crippen molar-refractivity contribution in [3.63, 3.8) is 0 Å². The maximum absolute atomic E-state index is 12.0. The van der Waals surface area contributed by atoms with Crippen molar-refractivity contribution in [3.05, 3.63) is 101 Å². The molecule has 2 aromatic carbocycles. The summed E-state index contributed by atoms with van der Waals surface area (Å²) >= 11 is 0. The zero-order valence-electron chi connectivity index (χ0n) is 18.4. The van der Waals surface area contributed by atoms with Crippen molar-refractivity contribution < 1.29 is 28.8 Å². The van der Waals surface area contributed by atoms with Gasteiger partial charge < -0.3 is 29.8 Å². The lowest BCUT2D eigenvalue weighted by Gasteiger charge is -2.49. The maximum atomic E-state index is 12.0. The van der Waals surface area contributed by atoms with Crippen LogP contribution in [-0.2, 0) is 25.4 Å². The largest absolute Gasteiger partial charge is 0.394 e. The first-order valence-electron chi connectivity index (χ1n) is 11.2. The van der Waals surface area contributed by atoms with Crippen LogP contribution in [0.5, 0.6) is 0 Å². The molecule has 2 unspecified atom stereocenters. The topological polar surface area (TPSA) is 113 Å². The Hall–Kier alpha value is -3.14. The molecular formula is C26H26N2O6. The summed E-state index contributed by atoms with van der Waals surface area (Å²) in [6.45, 7) is -0.252. The van der Waals surface area contributed by atoms with Gasteiger partial charge in [-0.1, -0.05) is 60.7 Å². The highest BCUT2D eigenvalue weighted by Crippen LogP contribution is 2.41. The number of hydrogen-bond donors (Lipinski definition) is 2. The summed E-state index contributed by atoms with van der Waals surface area (Å²) in [5.41, 5.74) is 8.07. The molecule has 34 heavy (non-hydrogen) atoms. The van der Waals surface area contributed by atoms with Crippen LogP contribution in [0.3, 0.4) is 0 Å². The van der Waals surface area contributed by atoms with Crippen molar-refractivity contribution in [2.24, 2.45) is 5.73 Å². The van der Waals surface area contributed by atoms with Crippen molar-refractivity contribution in [2.45, 2.75) is 43.4 Å². The number of hydrogen-bond acceptors (Lipinski definition) is 7. The number of aliphatic hydroxyl groups excluding tert-OH is 1. The zero-order valence-corrected chi connectivity index (χ0v) is 18.4. The van der Waals surface area contributed by atoms with E-state index in [-0.39, 0.29) is 13.0 Å². The molecule has 2 aliphatic rings. The zero-order chi connectivity index (χ0) is 23.5. The van der Waals surface area contributed by atoms with Gasteiger partial charge in [0.25, 0.3) is 5.91 Å². The number of amides is 1. The summed E-state index contributed by atoms with van der Waals surface area (Å²) in [5, 5.41) is 10.2. The summed E-state index contributed by atoms with van der Waals surface area (Å²) in [6.07, 6.45) is -1.89. The van der Waals surface area contributed by atoms with E-state index in [9.17, 15) is 9.90 Å². The molecule has 2 aliphatic heterocycles. The van der Waals surface area contributed by atoms with Crippen LogP contribution in [0.15, 0.2) is 79.0 Å². The van der Waals surface area contributed by atoms with Gasteiger partial charge in [-0.2, -0.15) is 0 Å². The van der Waals surface area contributed by atoms with Crippen LogP contribution >= 0.6 is 0 Å². The van der Waals surface area contributed by atoms with E-state index < -0.39 is 42.9 Å². The number of fused-ring (bicyclic) bond motifs is 1. The molecule has 3 aromatic rings. The molecule has 0 bridgehead atoms. The molecule has 2 saturated heterocycles. The van der Waals surface area contributed by atoms with E-state index in [1.54, 1.807) is 18.3 Å². The van der Waals surface area contributed by atoms with E-state index in [4.69, 9.17) is 24.7 Å². The Morgan fingerprint density at radius 2 is 1.35 bits per heavy atom. The van der Waals surface area contributed by atoms with Crippen molar-refractivity contribution in [2.75, 3.05) is 6.61 Å². The number of benzene rings is 2. The van der Waals surface area contributed by atoms with Crippen molar-refractivity contribution in [1.29, 1.82) is 0 Å². The third kappa shape index (κ3) is 4.59. The van der Waals surface area contributed by atoms with Gasteiger partial charge in [-0.05, 0) is 12.1 Å². The Kier molecular flexibility index (Phi) is 6.66. The molecule has 8 nitrogen and oxygen atoms in total. The molecule has 2 fully saturated rings. The predicted octanol–water partition coefficient (Wildman–Crippen LogP) is 2.68. The van der Waals surface area contributed by atoms with E-state index in [2.05, 4.69) is 4.98 Å². The van der Waals surface area contributed by atoms with Gasteiger partial charge in [0.1, 0.15) is 18.3 Å². The number of pyridine rings is 1. The van der Waals surface area contributed by atoms with Crippen LogP contribution in [-0.4, -0.2) is 47.0 Å². The third-order valence-corrected chi connectivity index (χ3v) is 6.09. The standard InChI is InChI=1S/C26H26N2O6/c27-24(30)18-12-7-13-28-19(18)14-20-22-23(34-25(31-20)16-8-3-1-4-9-16)21(15-29)32-26(33-22)17-10-5-2-6-11-17/h1-13,20-23,25-26,29H,14-15H2,(H2,27,30)/t20-,21-,22+,23-,25?,26?/m1/s1. The molecule has 0 spiro atoms. The van der Waals surface area contributed by atoms with Crippen molar-refractivity contribution in [3.8, 4) is 0 Å². The first-order chi connectivity index (χ1) is 16.6. The quantitative estimate of drug-likeness (QED) is 0.579. The van der Waals surface area contributed by atoms with Crippen LogP contribution in [0.25, 0.3) is 0 Å². The molecule has 3 heterocycles. The normalized spacial score (nSPS) is 28.7. The average Bonchev–Trinajstić information content (AvgIpc) is 2.89. The summed E-state index contributed by atoms with van der Waals surface area (Å²) in [4.78, 5) is 16.4. The number of primary amides is 1. The first kappa shape index (κ1) is 22.6. The molecule has 0 aliphatic carbocycles. The number of aromatic nitrogens is 1. The Labute approximate surface area is 197 Å². The molecule has 5 rings (SSSR count). The fourth-order valence-corrected chi connectivity index (χ4v) is 4.44. The van der Waals surface area contributed by atoms with Gasteiger partial charge in [0.2, 0.25) is 0 Å². The van der Waals surface area contributed by atoms with E-state index >= 15 is 0 Å². The van der Waals surface area contributed by atoms with Crippen LogP contribution < -0.4 is 5.73 Å². The fourth-order valence-electron chi connectivity index (χ4n) is 4.44. The van der Waals surface area contributed by atoms with Crippen LogP contribution in [0.2, 0.25) is 0 Å². The molecule has 1 aromatic heterocycles. The van der Waals surface area contributed by atoms with Crippen molar-refractivity contribution >= 4 is 5.91 Å². The molecule has 6 atom stereocenters. The number of aliphatic hydroxyl groups is 1. The second-order valence-electron chi connectivity index (χ2n) is 8.28. The van der Waals surface area contributed by atoms with E-state index in [1.807, 2.05) is 60.7 Å². The predicted molar refractivity (Wildman–Crippen MR) is 121 cm³/mol. The third-order valence-electron chi connectivity index (χ3n) is 6.09. The lowest BCUT2D eigenvalue weighted by molar-refractivity contribution is -0.384. The molecular weight excluding hydrogens is 436 g/mol. The smallest absolute Gasteiger partial charge is 0.250 e. The van der Waals surface area contributed by atoms with Gasteiger partial charge in [0, 0.05) is 23.7 Å². The van der Waals surface area contributed by atoms with Crippen molar-refractivity contribution in [1.82, 2.24) is 4.98 Å². The van der Waals surface area contributed by atoms with Gasteiger partial charge in [-0.3, -0.25) is 9.78 Å². The number of nitrogens with two attached hydrogens (primary N) is 1. The minimum atomic E-state index is -0.707. The average molecular weight is 463 g/mol. The highest BCUT2D eigenvalue weighted by atomic mass is 16.8. The van der Waals surface area contributed by atoms with Crippen LogP contribution in [0, 0.1) is 0 Å². The van der Waals surface area contributed by atoms with Gasteiger partial charge in [0.15, 0.2) is 12.6 Å². The Bertz CT molecular complexity index is 1110. The highest BCUT2D eigenvalue weighted by molar-refractivity contribution is 5.93. The fraction of sp³-hybridized carbons (Fsp3) is 0.308. The SMILES string of the molecule is NC(=O)c1cccnc1C[C@H]1OC(c2ccccc2)O[C@H]2[C@H]1OC(c1ccccc1)O[C@@H]2CO. The lowest BCUT2D eigenvalue weighted by Crippen LogP contribution is -2.59. The molecule has 1 amide bonds. The number of rotatable bonds is 6. The number of nitrogens with zero attached hydrogens (tertiary/aromatic N) is 1. The number of ether oxygens (including phenoxy) is 4. The maximum Gasteiger partial charge on any atom is 0.250 e. The summed E-state index contributed by atoms with van der Waals surface area (Å²) < 4.78 is 25.1. The summed E-state index contributed by atoms with van der Waals surface area (Å²) in [7, 11) is 0. The molecule has 8 heteroatoms. The monoisotopic (exact) mass is 462 g/mol. The highest BCUT2D eigenvalue weighted by Gasteiger charge is 2.50. The number of carbonyl (C=O) groups is 1. The second kappa shape index (κ2) is 10.0. The molecule has 176 valence electrons. The molecule has 3 N–H and O–H groups in total. The van der Waals surface area contributed by atoms with Crippen LogP contribution in [0.1, 0.15) is 39.8 Å². The van der Waals surface area contributed by atoms with Crippen LogP contribution in [0.4, 0.5) is 0 Å². The Morgan fingerprint density at radius 1 is 0.794 bits per heavy atom. The van der Waals surface area contributed by atoms with E-state index in [1.165, 1.54) is 0 Å². The van der Waals surface area contributed by atoms with E-state index in [0.29, 0.717) is 11.3 Å². The molecule has 0 radical (unpaired) electrons. The summed E-state index contributed by atoms with van der Waals surface area (Å²) in [6, 6.07) is 22.3. The second-order valence-corrected chi connectivity index (χ2v) is 8.28. The van der Waals surface area contributed by atoms with Gasteiger partial charge >= 0.3 is 0 Å². The van der Waals surface area contributed by atoms with Gasteiger partial charge in [0.05, 0.1) is 24.0 Å². The van der Waals surface area contributed by atoms with Gasteiger partial charge in [-0.15, -0.1) is 0 Å². The Balaban J connectivity index is 1.50. The molecule has 0 saturated carbocycles.